The second-order valence-electron chi connectivity index (χ2n) is 6.63. The molecule has 0 spiro atoms. The fourth-order valence-corrected chi connectivity index (χ4v) is 3.36. The van der Waals surface area contributed by atoms with E-state index in [4.69, 9.17) is 18.9 Å². The van der Waals surface area contributed by atoms with Crippen LogP contribution in [0.3, 0.4) is 0 Å². The molecule has 164 valence electrons. The molecule has 3 aromatic rings. The Morgan fingerprint density at radius 1 is 0.935 bits per heavy atom. The first-order valence-corrected chi connectivity index (χ1v) is 9.44. The predicted octanol–water partition coefficient (Wildman–Crippen LogP) is 2.58. The molecule has 0 saturated carbocycles. The first-order chi connectivity index (χ1) is 14.9. The number of carbonyl (C=O) groups is 2. The summed E-state index contributed by atoms with van der Waals surface area (Å²) in [4.78, 5) is 25.0. The number of carbonyl (C=O) groups excluding carboxylic acids is 2. The predicted molar refractivity (Wildman–Crippen MR) is 117 cm³/mol. The quantitative estimate of drug-likeness (QED) is 0.573. The Kier molecular flexibility index (Phi) is 6.54. The van der Waals surface area contributed by atoms with Crippen molar-refractivity contribution in [3.8, 4) is 23.0 Å². The molecule has 0 fully saturated rings. The van der Waals surface area contributed by atoms with Crippen molar-refractivity contribution in [1.82, 2.24) is 9.88 Å². The molecule has 0 atom stereocenters. The van der Waals surface area contributed by atoms with Crippen LogP contribution in [0.5, 0.6) is 23.0 Å². The van der Waals surface area contributed by atoms with Crippen LogP contribution >= 0.6 is 0 Å². The van der Waals surface area contributed by atoms with Gasteiger partial charge in [0, 0.05) is 24.2 Å². The van der Waals surface area contributed by atoms with Crippen molar-refractivity contribution in [2.75, 3.05) is 40.3 Å². The number of nitrogens with zero attached hydrogens (tertiary/aromatic N) is 1. The van der Waals surface area contributed by atoms with Crippen LogP contribution < -0.4 is 29.6 Å². The molecule has 0 saturated heterocycles. The lowest BCUT2D eigenvalue weighted by molar-refractivity contribution is -0.115. The Bertz CT molecular complexity index is 1120. The minimum absolute atomic E-state index is 0.193. The molecule has 1 aromatic heterocycles. The third-order valence-corrected chi connectivity index (χ3v) is 4.82. The van der Waals surface area contributed by atoms with Crippen molar-refractivity contribution in [3.05, 3.63) is 42.1 Å². The van der Waals surface area contributed by atoms with Crippen LogP contribution in [0.25, 0.3) is 10.9 Å². The highest BCUT2D eigenvalue weighted by atomic mass is 16.5. The molecule has 1 heterocycles. The second-order valence-corrected chi connectivity index (χ2v) is 6.63. The number of anilines is 1. The molecule has 9 heteroatoms. The number of ether oxygens (including phenoxy) is 4. The molecule has 0 radical (unpaired) electrons. The van der Waals surface area contributed by atoms with Crippen LogP contribution in [0.2, 0.25) is 0 Å². The van der Waals surface area contributed by atoms with E-state index in [1.165, 1.54) is 21.3 Å². The summed E-state index contributed by atoms with van der Waals surface area (Å²) in [6, 6.07) is 10.4. The number of benzene rings is 2. The smallest absolute Gasteiger partial charge is 0.268 e. The number of amides is 2. The first kappa shape index (κ1) is 21.8. The van der Waals surface area contributed by atoms with Crippen molar-refractivity contribution in [1.29, 1.82) is 0 Å². The highest BCUT2D eigenvalue weighted by Crippen LogP contribution is 2.44. The van der Waals surface area contributed by atoms with Crippen LogP contribution in [0, 0.1) is 0 Å². The van der Waals surface area contributed by atoms with Gasteiger partial charge < -0.3 is 34.1 Å². The van der Waals surface area contributed by atoms with Crippen molar-refractivity contribution in [3.63, 3.8) is 0 Å². The maximum absolute atomic E-state index is 12.8. The van der Waals surface area contributed by atoms with Gasteiger partial charge in [-0.3, -0.25) is 9.59 Å². The summed E-state index contributed by atoms with van der Waals surface area (Å²) in [7, 11) is 7.85. The van der Waals surface area contributed by atoms with E-state index in [1.807, 2.05) is 0 Å². The normalized spacial score (nSPS) is 10.5. The van der Waals surface area contributed by atoms with Gasteiger partial charge >= 0.3 is 0 Å². The first-order valence-electron chi connectivity index (χ1n) is 9.44. The largest absolute Gasteiger partial charge is 0.497 e. The van der Waals surface area contributed by atoms with Crippen molar-refractivity contribution >= 4 is 28.4 Å². The average Bonchev–Trinajstić information content (AvgIpc) is 3.12. The number of aromatic nitrogens is 1. The highest BCUT2D eigenvalue weighted by Gasteiger charge is 2.22. The van der Waals surface area contributed by atoms with Crippen LogP contribution in [-0.2, 0) is 11.8 Å². The van der Waals surface area contributed by atoms with Gasteiger partial charge in [-0.1, -0.05) is 6.07 Å². The number of aryl methyl sites for hydroxylation is 1. The fourth-order valence-electron chi connectivity index (χ4n) is 3.36. The molecule has 0 aliphatic rings. The summed E-state index contributed by atoms with van der Waals surface area (Å²) < 4.78 is 23.1. The zero-order valence-electron chi connectivity index (χ0n) is 18.1. The molecule has 9 nitrogen and oxygen atoms in total. The van der Waals surface area contributed by atoms with Crippen LogP contribution in [0.4, 0.5) is 5.69 Å². The molecule has 0 unspecified atom stereocenters. The van der Waals surface area contributed by atoms with Gasteiger partial charge in [-0.15, -0.1) is 0 Å². The van der Waals surface area contributed by atoms with Gasteiger partial charge in [0.05, 0.1) is 40.5 Å². The van der Waals surface area contributed by atoms with E-state index in [2.05, 4.69) is 10.6 Å². The third-order valence-electron chi connectivity index (χ3n) is 4.82. The number of hydrogen-bond acceptors (Lipinski definition) is 6. The van der Waals surface area contributed by atoms with Crippen LogP contribution in [-0.4, -0.2) is 51.4 Å². The van der Waals surface area contributed by atoms with Crippen LogP contribution in [0.15, 0.2) is 36.4 Å². The van der Waals surface area contributed by atoms with E-state index in [1.54, 1.807) is 55.1 Å². The van der Waals surface area contributed by atoms with E-state index < -0.39 is 5.91 Å². The Hall–Kier alpha value is -3.88. The standard InChI is InChI=1S/C22H25N3O6/c1-25-16(9-13-10-17(29-3)20(30-4)21(31-5)19(13)25)22(27)23-12-18(26)24-14-7-6-8-15(11-14)28-2/h6-11H,12H2,1-5H3,(H,23,27)(H,24,26). The molecule has 0 aliphatic heterocycles. The number of rotatable bonds is 8. The van der Waals surface area contributed by atoms with Gasteiger partial charge in [0.25, 0.3) is 5.91 Å². The average molecular weight is 427 g/mol. The zero-order chi connectivity index (χ0) is 22.5. The summed E-state index contributed by atoms with van der Waals surface area (Å²) >= 11 is 0. The number of hydrogen-bond donors (Lipinski definition) is 2. The lowest BCUT2D eigenvalue weighted by atomic mass is 10.2. The molecule has 2 N–H and O–H groups in total. The van der Waals surface area contributed by atoms with Gasteiger partial charge in [-0.2, -0.15) is 0 Å². The minimum atomic E-state index is -0.403. The monoisotopic (exact) mass is 427 g/mol. The highest BCUT2D eigenvalue weighted by molar-refractivity contribution is 6.03. The molecular weight excluding hydrogens is 402 g/mol. The summed E-state index contributed by atoms with van der Waals surface area (Å²) in [6.07, 6.45) is 0. The van der Waals surface area contributed by atoms with Gasteiger partial charge in [0.15, 0.2) is 11.5 Å². The maximum Gasteiger partial charge on any atom is 0.268 e. The third kappa shape index (κ3) is 4.35. The molecule has 0 aliphatic carbocycles. The van der Waals surface area contributed by atoms with Gasteiger partial charge in [0.2, 0.25) is 11.7 Å². The van der Waals surface area contributed by atoms with Gasteiger partial charge in [-0.05, 0) is 24.3 Å². The lowest BCUT2D eigenvalue weighted by Gasteiger charge is -2.14. The van der Waals surface area contributed by atoms with Crippen molar-refractivity contribution < 1.29 is 28.5 Å². The molecule has 2 aromatic carbocycles. The Balaban J connectivity index is 1.79. The van der Waals surface area contributed by atoms with Gasteiger partial charge in [-0.25, -0.2) is 0 Å². The summed E-state index contributed by atoms with van der Waals surface area (Å²) in [5.74, 6) is 1.23. The summed E-state index contributed by atoms with van der Waals surface area (Å²) in [6.45, 7) is -0.193. The zero-order valence-corrected chi connectivity index (χ0v) is 18.1. The maximum atomic E-state index is 12.8. The topological polar surface area (TPSA) is 100 Å². The van der Waals surface area contributed by atoms with E-state index in [0.717, 1.165) is 5.39 Å². The van der Waals surface area contributed by atoms with E-state index >= 15 is 0 Å². The van der Waals surface area contributed by atoms with E-state index in [9.17, 15) is 9.59 Å². The SMILES string of the molecule is COc1cccc(NC(=O)CNC(=O)c2cc3cc(OC)c(OC)c(OC)c3n2C)c1. The Morgan fingerprint density at radius 3 is 2.32 bits per heavy atom. The number of fused-ring (bicyclic) bond motifs is 1. The lowest BCUT2D eigenvalue weighted by Crippen LogP contribution is -2.33. The number of methoxy groups -OCH3 is 4. The Labute approximate surface area is 179 Å². The van der Waals surface area contributed by atoms with Crippen molar-refractivity contribution in [2.45, 2.75) is 0 Å². The molecule has 0 bridgehead atoms. The molecule has 2 amide bonds. The molecular formula is C22H25N3O6. The van der Waals surface area contributed by atoms with E-state index in [-0.39, 0.29) is 12.5 Å². The van der Waals surface area contributed by atoms with Crippen LogP contribution in [0.1, 0.15) is 10.5 Å². The fraction of sp³-hybridized carbons (Fsp3) is 0.273. The Morgan fingerprint density at radius 2 is 1.68 bits per heavy atom. The van der Waals surface area contributed by atoms with Crippen molar-refractivity contribution in [2.24, 2.45) is 7.05 Å². The van der Waals surface area contributed by atoms with E-state index in [0.29, 0.717) is 39.9 Å². The minimum Gasteiger partial charge on any atom is -0.497 e. The second kappa shape index (κ2) is 9.29. The molecule has 31 heavy (non-hydrogen) atoms. The number of nitrogens with one attached hydrogen (secondary N) is 2. The van der Waals surface area contributed by atoms with Gasteiger partial charge in [0.1, 0.15) is 11.4 Å². The molecule has 3 rings (SSSR count). The summed E-state index contributed by atoms with van der Waals surface area (Å²) in [5, 5.41) is 6.10. The summed E-state index contributed by atoms with van der Waals surface area (Å²) in [5.41, 5.74) is 1.61.